The molecule has 0 aliphatic heterocycles. The number of aliphatic hydroxyl groups excluding tert-OH is 1. The van der Waals surface area contributed by atoms with Crippen LogP contribution in [0.5, 0.6) is 0 Å². The molecule has 0 bridgehead atoms. The zero-order chi connectivity index (χ0) is 22.1. The van der Waals surface area contributed by atoms with E-state index in [1.807, 2.05) is 20.8 Å². The Bertz CT molecular complexity index is 820. The van der Waals surface area contributed by atoms with Gasteiger partial charge in [-0.1, -0.05) is 13.0 Å². The van der Waals surface area contributed by atoms with Crippen molar-refractivity contribution >= 4 is 11.6 Å². The minimum atomic E-state index is -2.07. The van der Waals surface area contributed by atoms with Crippen molar-refractivity contribution in [1.29, 1.82) is 0 Å². The van der Waals surface area contributed by atoms with Gasteiger partial charge in [-0.3, -0.25) is 9.59 Å². The lowest BCUT2D eigenvalue weighted by atomic mass is 9.45. The van der Waals surface area contributed by atoms with Crippen LogP contribution in [-0.2, 0) is 14.3 Å². The quantitative estimate of drug-likeness (QED) is 0.746. The molecule has 0 aromatic carbocycles. The normalized spacial score (nSPS) is 47.5. The van der Waals surface area contributed by atoms with Gasteiger partial charge >= 0.3 is 0 Å². The number of Topliss-reactive ketones (excluding diaryl/α,β-unsaturated/α-hetero) is 1. The fraction of sp³-hybridized carbons (Fsp3) is 0.750. The molecule has 166 valence electrons. The lowest BCUT2D eigenvalue weighted by molar-refractivity contribution is -0.202. The number of halogens is 2. The van der Waals surface area contributed by atoms with Gasteiger partial charge in [0.1, 0.15) is 12.8 Å². The average molecular weight is 423 g/mol. The summed E-state index contributed by atoms with van der Waals surface area (Å²) in [4.78, 5) is 24.8. The first-order valence-electron chi connectivity index (χ1n) is 11.1. The summed E-state index contributed by atoms with van der Waals surface area (Å²) in [6, 6.07) is 0. The molecular formula is C24H32F2O4. The summed E-state index contributed by atoms with van der Waals surface area (Å²) in [5, 5.41) is 11.2. The van der Waals surface area contributed by atoms with E-state index in [9.17, 15) is 14.7 Å². The number of ether oxygens (including phenoxy) is 1. The highest BCUT2D eigenvalue weighted by Crippen LogP contribution is 2.69. The van der Waals surface area contributed by atoms with Gasteiger partial charge in [0.2, 0.25) is 0 Å². The van der Waals surface area contributed by atoms with Gasteiger partial charge in [0.05, 0.1) is 12.2 Å². The molecule has 0 aromatic rings. The van der Waals surface area contributed by atoms with Gasteiger partial charge in [0.15, 0.2) is 17.2 Å². The Morgan fingerprint density at radius 1 is 1.30 bits per heavy atom. The van der Waals surface area contributed by atoms with Gasteiger partial charge < -0.3 is 9.84 Å². The molecule has 6 heteroatoms. The third-order valence-corrected chi connectivity index (χ3v) is 8.57. The van der Waals surface area contributed by atoms with Crippen LogP contribution in [0.15, 0.2) is 23.8 Å². The van der Waals surface area contributed by atoms with Crippen LogP contribution >= 0.6 is 0 Å². The largest absolute Gasteiger partial charge is 0.390 e. The summed E-state index contributed by atoms with van der Waals surface area (Å²) in [5.41, 5.74) is -3.91. The van der Waals surface area contributed by atoms with E-state index in [-0.39, 0.29) is 54.5 Å². The third-order valence-electron chi connectivity index (χ3n) is 8.57. The fourth-order valence-corrected chi connectivity index (χ4v) is 7.08. The van der Waals surface area contributed by atoms with Crippen molar-refractivity contribution in [3.05, 3.63) is 23.8 Å². The first-order valence-corrected chi connectivity index (χ1v) is 11.1. The van der Waals surface area contributed by atoms with Crippen LogP contribution in [0.25, 0.3) is 0 Å². The smallest absolute Gasteiger partial charge is 0.178 e. The van der Waals surface area contributed by atoms with Gasteiger partial charge in [0, 0.05) is 17.3 Å². The summed E-state index contributed by atoms with van der Waals surface area (Å²) in [6.07, 6.45) is 2.39. The predicted octanol–water partition coefficient (Wildman–Crippen LogP) is 3.92. The first-order chi connectivity index (χ1) is 13.9. The fourth-order valence-electron chi connectivity index (χ4n) is 7.08. The topological polar surface area (TPSA) is 63.6 Å². The zero-order valence-corrected chi connectivity index (χ0v) is 18.2. The van der Waals surface area contributed by atoms with Crippen LogP contribution < -0.4 is 0 Å². The number of ketones is 2. The van der Waals surface area contributed by atoms with Gasteiger partial charge in [-0.2, -0.15) is 0 Å². The Hall–Kier alpha value is -1.40. The number of fused-ring (bicyclic) bond motifs is 5. The van der Waals surface area contributed by atoms with Crippen molar-refractivity contribution in [2.24, 2.45) is 28.6 Å². The summed E-state index contributed by atoms with van der Waals surface area (Å²) >= 11 is 0. The molecule has 0 spiro atoms. The number of hydrogen-bond donors (Lipinski definition) is 1. The monoisotopic (exact) mass is 422 g/mol. The Balaban J connectivity index is 1.70. The molecule has 0 heterocycles. The van der Waals surface area contributed by atoms with E-state index >= 15 is 8.78 Å². The van der Waals surface area contributed by atoms with E-state index in [4.69, 9.17) is 4.74 Å². The second-order valence-electron chi connectivity index (χ2n) is 10.4. The Morgan fingerprint density at radius 3 is 2.67 bits per heavy atom. The van der Waals surface area contributed by atoms with Crippen LogP contribution in [0.4, 0.5) is 8.78 Å². The maximum Gasteiger partial charge on any atom is 0.178 e. The minimum absolute atomic E-state index is 0.00730. The standard InChI is InChI=1S/C24H32F2O4/c1-13(2)30-12-20(28)16-6-5-15-17-10-19(25)18-9-14(27)7-8-23(18,4)24(17,26)21(29)11-22(15,16)3/h7-9,13,15-17,19,21,29H,5-6,10-12H2,1-4H3/t15?,16-,17+,19+,21+,22+,23+,24+/m1/s1. The van der Waals surface area contributed by atoms with Crippen molar-refractivity contribution < 1.29 is 28.2 Å². The molecular weight excluding hydrogens is 390 g/mol. The van der Waals surface area contributed by atoms with E-state index in [2.05, 4.69) is 0 Å². The SMILES string of the molecule is CC(C)OCC(=O)[C@H]1CCC2[C@@H]3C[C@H](F)C4=CC(=O)C=C[C@]4(C)[C@@]3(F)[C@@H](O)C[C@@]21C. The number of carbonyl (C=O) groups is 2. The van der Waals surface area contributed by atoms with Crippen molar-refractivity contribution in [3.8, 4) is 0 Å². The lowest BCUT2D eigenvalue weighted by Crippen LogP contribution is -2.68. The number of allylic oxidation sites excluding steroid dienone is 4. The highest BCUT2D eigenvalue weighted by Gasteiger charge is 2.72. The van der Waals surface area contributed by atoms with E-state index in [0.29, 0.717) is 12.8 Å². The molecule has 1 unspecified atom stereocenters. The van der Waals surface area contributed by atoms with Gasteiger partial charge in [-0.25, -0.2) is 8.78 Å². The predicted molar refractivity (Wildman–Crippen MR) is 108 cm³/mol. The van der Waals surface area contributed by atoms with Crippen LogP contribution in [-0.4, -0.2) is 47.3 Å². The van der Waals surface area contributed by atoms with E-state index in [1.54, 1.807) is 6.92 Å². The highest BCUT2D eigenvalue weighted by molar-refractivity contribution is 6.01. The summed E-state index contributed by atoms with van der Waals surface area (Å²) in [5.74, 6) is -1.62. The molecule has 8 atom stereocenters. The molecule has 1 N–H and O–H groups in total. The maximum absolute atomic E-state index is 16.9. The average Bonchev–Trinajstić information content (AvgIpc) is 3.00. The number of hydrogen-bond acceptors (Lipinski definition) is 4. The Kier molecular flexibility index (Phi) is 5.13. The first kappa shape index (κ1) is 21.8. The van der Waals surface area contributed by atoms with Crippen LogP contribution in [0.1, 0.15) is 53.4 Å². The molecule has 0 saturated heterocycles. The number of rotatable bonds is 4. The van der Waals surface area contributed by atoms with E-state index in [1.165, 1.54) is 18.2 Å². The van der Waals surface area contributed by atoms with E-state index in [0.717, 1.165) is 0 Å². The Morgan fingerprint density at radius 2 is 2.00 bits per heavy atom. The molecule has 4 nitrogen and oxygen atoms in total. The molecule has 3 fully saturated rings. The third kappa shape index (κ3) is 2.82. The van der Waals surface area contributed by atoms with Crippen LogP contribution in [0, 0.1) is 28.6 Å². The van der Waals surface area contributed by atoms with Crippen molar-refractivity contribution in [2.75, 3.05) is 6.61 Å². The molecule has 30 heavy (non-hydrogen) atoms. The number of alkyl halides is 2. The summed E-state index contributed by atoms with van der Waals surface area (Å²) < 4.78 is 37.7. The Labute approximate surface area is 176 Å². The molecule has 4 aliphatic carbocycles. The second-order valence-corrected chi connectivity index (χ2v) is 10.4. The number of carbonyl (C=O) groups excluding carboxylic acids is 2. The van der Waals surface area contributed by atoms with Crippen LogP contribution in [0.2, 0.25) is 0 Å². The second kappa shape index (κ2) is 7.06. The molecule has 0 aromatic heterocycles. The van der Waals surface area contributed by atoms with Crippen molar-refractivity contribution in [2.45, 2.75) is 77.4 Å². The van der Waals surface area contributed by atoms with Gasteiger partial charge in [-0.15, -0.1) is 0 Å². The minimum Gasteiger partial charge on any atom is -0.390 e. The van der Waals surface area contributed by atoms with Gasteiger partial charge in [0.25, 0.3) is 0 Å². The van der Waals surface area contributed by atoms with Gasteiger partial charge in [-0.05, 0) is 75.5 Å². The van der Waals surface area contributed by atoms with Crippen molar-refractivity contribution in [3.63, 3.8) is 0 Å². The summed E-state index contributed by atoms with van der Waals surface area (Å²) in [7, 11) is 0. The van der Waals surface area contributed by atoms with Crippen molar-refractivity contribution in [1.82, 2.24) is 0 Å². The van der Waals surface area contributed by atoms with Crippen LogP contribution in [0.3, 0.4) is 0 Å². The lowest BCUT2D eigenvalue weighted by Gasteiger charge is -2.62. The zero-order valence-electron chi connectivity index (χ0n) is 18.2. The maximum atomic E-state index is 16.9. The molecule has 0 amide bonds. The molecule has 0 radical (unpaired) electrons. The molecule has 4 aliphatic rings. The number of aliphatic hydroxyl groups is 1. The molecule has 4 rings (SSSR count). The summed E-state index contributed by atoms with van der Waals surface area (Å²) in [6.45, 7) is 7.29. The van der Waals surface area contributed by atoms with E-state index < -0.39 is 34.7 Å². The molecule has 3 saturated carbocycles. The highest BCUT2D eigenvalue weighted by atomic mass is 19.1.